The number of hydrogen-bond donors (Lipinski definition) is 5. The lowest BCUT2D eigenvalue weighted by molar-refractivity contribution is -0.140. The zero-order valence-electron chi connectivity index (χ0n) is 10.8. The number of aliphatic carboxylic acids is 2. The van der Waals surface area contributed by atoms with Gasteiger partial charge < -0.3 is 26.6 Å². The van der Waals surface area contributed by atoms with Crippen molar-refractivity contribution in [2.24, 2.45) is 5.73 Å². The molecule has 0 aliphatic heterocycles. The quantitative estimate of drug-likeness (QED) is 0.322. The molecule has 0 rings (SSSR count). The average molecular weight is 307 g/mol. The van der Waals surface area contributed by atoms with E-state index in [4.69, 9.17) is 15.9 Å². The fourth-order valence-electron chi connectivity index (χ4n) is 1.20. The SMILES string of the molecule is CSCC(NC(=O)C(N)CC(=O)O)C(=O)NCC(=O)O. The number of rotatable bonds is 9. The number of nitrogens with two attached hydrogens (primary N) is 1. The van der Waals surface area contributed by atoms with Crippen LogP contribution in [0.1, 0.15) is 6.42 Å². The zero-order chi connectivity index (χ0) is 15.7. The standard InChI is InChI=1S/C10H17N3O6S/c1-20-4-6(10(19)12-3-8(16)17)13-9(18)5(11)2-7(14)15/h5-6H,2-4,11H2,1H3,(H,12,19)(H,13,18)(H,14,15)(H,16,17). The predicted octanol–water partition coefficient (Wildman–Crippen LogP) is -2.16. The van der Waals surface area contributed by atoms with Crippen molar-refractivity contribution in [1.82, 2.24) is 10.6 Å². The molecule has 0 saturated carbocycles. The summed E-state index contributed by atoms with van der Waals surface area (Å²) in [5.41, 5.74) is 5.36. The van der Waals surface area contributed by atoms with E-state index >= 15 is 0 Å². The van der Waals surface area contributed by atoms with E-state index in [1.807, 2.05) is 0 Å². The van der Waals surface area contributed by atoms with Crippen LogP contribution in [-0.2, 0) is 19.2 Å². The highest BCUT2D eigenvalue weighted by Crippen LogP contribution is 1.99. The van der Waals surface area contributed by atoms with Crippen molar-refractivity contribution >= 4 is 35.5 Å². The zero-order valence-corrected chi connectivity index (χ0v) is 11.6. The molecular formula is C10H17N3O6S. The van der Waals surface area contributed by atoms with Crippen molar-refractivity contribution in [3.63, 3.8) is 0 Å². The molecule has 0 aromatic rings. The van der Waals surface area contributed by atoms with Gasteiger partial charge in [-0.15, -0.1) is 0 Å². The van der Waals surface area contributed by atoms with Crippen LogP contribution in [0.4, 0.5) is 0 Å². The van der Waals surface area contributed by atoms with Gasteiger partial charge in [-0.05, 0) is 6.26 Å². The van der Waals surface area contributed by atoms with E-state index in [1.165, 1.54) is 11.8 Å². The minimum atomic E-state index is -1.27. The maximum Gasteiger partial charge on any atom is 0.322 e. The molecule has 2 atom stereocenters. The second kappa shape index (κ2) is 9.15. The highest BCUT2D eigenvalue weighted by Gasteiger charge is 2.24. The number of carbonyl (C=O) groups excluding carboxylic acids is 2. The first-order valence-corrected chi connectivity index (χ1v) is 6.93. The van der Waals surface area contributed by atoms with Crippen LogP contribution in [0.5, 0.6) is 0 Å². The number of carbonyl (C=O) groups is 4. The van der Waals surface area contributed by atoms with Crippen LogP contribution in [0.2, 0.25) is 0 Å². The summed E-state index contributed by atoms with van der Waals surface area (Å²) in [5.74, 6) is -3.69. The number of thioether (sulfide) groups is 1. The molecule has 0 heterocycles. The Kier molecular flexibility index (Phi) is 8.32. The molecule has 0 aliphatic rings. The molecule has 20 heavy (non-hydrogen) atoms. The molecule has 6 N–H and O–H groups in total. The van der Waals surface area contributed by atoms with Gasteiger partial charge in [-0.3, -0.25) is 19.2 Å². The van der Waals surface area contributed by atoms with Gasteiger partial charge in [0, 0.05) is 5.75 Å². The number of carboxylic acid groups (broad SMARTS) is 2. The number of hydrogen-bond acceptors (Lipinski definition) is 6. The molecule has 0 saturated heterocycles. The van der Waals surface area contributed by atoms with Gasteiger partial charge in [-0.2, -0.15) is 11.8 Å². The average Bonchev–Trinajstić information content (AvgIpc) is 2.34. The van der Waals surface area contributed by atoms with Gasteiger partial charge >= 0.3 is 11.9 Å². The normalized spacial score (nSPS) is 13.1. The van der Waals surface area contributed by atoms with Crippen LogP contribution in [0, 0.1) is 0 Å². The smallest absolute Gasteiger partial charge is 0.322 e. The second-order valence-electron chi connectivity index (χ2n) is 3.83. The van der Waals surface area contributed by atoms with Crippen LogP contribution < -0.4 is 16.4 Å². The molecule has 9 nitrogen and oxygen atoms in total. The molecule has 10 heteroatoms. The van der Waals surface area contributed by atoms with E-state index < -0.39 is 48.8 Å². The van der Waals surface area contributed by atoms with Crippen LogP contribution >= 0.6 is 11.8 Å². The summed E-state index contributed by atoms with van der Waals surface area (Å²) in [6, 6.07) is -2.25. The van der Waals surface area contributed by atoms with E-state index in [0.717, 1.165) is 0 Å². The van der Waals surface area contributed by atoms with Gasteiger partial charge in [0.05, 0.1) is 12.5 Å². The monoisotopic (exact) mass is 307 g/mol. The summed E-state index contributed by atoms with van der Waals surface area (Å²) < 4.78 is 0. The van der Waals surface area contributed by atoms with E-state index in [0.29, 0.717) is 0 Å². The fourth-order valence-corrected chi connectivity index (χ4v) is 1.76. The van der Waals surface area contributed by atoms with Crippen molar-refractivity contribution in [3.8, 4) is 0 Å². The Morgan fingerprint density at radius 1 is 1.15 bits per heavy atom. The van der Waals surface area contributed by atoms with Crippen LogP contribution in [-0.4, -0.2) is 64.6 Å². The molecule has 0 spiro atoms. The molecule has 0 aromatic carbocycles. The third kappa shape index (κ3) is 7.59. The van der Waals surface area contributed by atoms with Crippen molar-refractivity contribution < 1.29 is 29.4 Å². The van der Waals surface area contributed by atoms with Crippen molar-refractivity contribution in [2.75, 3.05) is 18.6 Å². The third-order valence-corrected chi connectivity index (χ3v) is 2.78. The van der Waals surface area contributed by atoms with Crippen molar-refractivity contribution in [1.29, 1.82) is 0 Å². The number of nitrogens with one attached hydrogen (secondary N) is 2. The highest BCUT2D eigenvalue weighted by atomic mass is 32.2. The van der Waals surface area contributed by atoms with E-state index in [1.54, 1.807) is 6.26 Å². The maximum atomic E-state index is 11.7. The van der Waals surface area contributed by atoms with Gasteiger partial charge in [0.15, 0.2) is 0 Å². The Morgan fingerprint density at radius 3 is 2.20 bits per heavy atom. The Hall–Kier alpha value is -1.81. The summed E-state index contributed by atoms with van der Waals surface area (Å²) in [6.45, 7) is -0.569. The Labute approximate surface area is 119 Å². The van der Waals surface area contributed by atoms with Crippen LogP contribution in [0.15, 0.2) is 0 Å². The molecule has 0 aromatic heterocycles. The van der Waals surface area contributed by atoms with Crippen molar-refractivity contribution in [2.45, 2.75) is 18.5 Å². The minimum absolute atomic E-state index is 0.205. The predicted molar refractivity (Wildman–Crippen MR) is 71.2 cm³/mol. The first-order valence-electron chi connectivity index (χ1n) is 5.54. The lowest BCUT2D eigenvalue weighted by Crippen LogP contribution is -2.53. The van der Waals surface area contributed by atoms with Crippen LogP contribution in [0.25, 0.3) is 0 Å². The summed E-state index contributed by atoms with van der Waals surface area (Å²) in [5, 5.41) is 21.4. The first-order chi connectivity index (χ1) is 9.27. The number of amides is 2. The molecule has 0 fully saturated rings. The molecule has 114 valence electrons. The summed E-state index contributed by atoms with van der Waals surface area (Å²) >= 11 is 1.26. The highest BCUT2D eigenvalue weighted by molar-refractivity contribution is 7.98. The third-order valence-electron chi connectivity index (χ3n) is 2.11. The van der Waals surface area contributed by atoms with E-state index in [9.17, 15) is 19.2 Å². The Morgan fingerprint density at radius 2 is 1.75 bits per heavy atom. The van der Waals surface area contributed by atoms with Gasteiger partial charge in [-0.25, -0.2) is 0 Å². The maximum absolute atomic E-state index is 11.7. The summed E-state index contributed by atoms with van der Waals surface area (Å²) in [6.07, 6.45) is 1.13. The Bertz CT molecular complexity index is 387. The summed E-state index contributed by atoms with van der Waals surface area (Å²) in [7, 11) is 0. The first kappa shape index (κ1) is 18.2. The molecule has 0 aliphatic carbocycles. The van der Waals surface area contributed by atoms with E-state index in [-0.39, 0.29) is 5.75 Å². The summed E-state index contributed by atoms with van der Waals surface area (Å²) in [4.78, 5) is 44.0. The van der Waals surface area contributed by atoms with Crippen molar-refractivity contribution in [3.05, 3.63) is 0 Å². The van der Waals surface area contributed by atoms with E-state index in [2.05, 4.69) is 10.6 Å². The van der Waals surface area contributed by atoms with Gasteiger partial charge in [0.1, 0.15) is 12.6 Å². The minimum Gasteiger partial charge on any atom is -0.481 e. The molecule has 2 amide bonds. The number of carboxylic acids is 2. The fraction of sp³-hybridized carbons (Fsp3) is 0.600. The molecule has 0 bridgehead atoms. The Balaban J connectivity index is 4.51. The van der Waals surface area contributed by atoms with Crippen LogP contribution in [0.3, 0.4) is 0 Å². The molecule has 2 unspecified atom stereocenters. The topological polar surface area (TPSA) is 159 Å². The molecular weight excluding hydrogens is 290 g/mol. The van der Waals surface area contributed by atoms with Gasteiger partial charge in [0.25, 0.3) is 0 Å². The lowest BCUT2D eigenvalue weighted by atomic mass is 10.2. The van der Waals surface area contributed by atoms with Gasteiger partial charge in [0.2, 0.25) is 11.8 Å². The lowest BCUT2D eigenvalue weighted by Gasteiger charge is -2.19. The second-order valence-corrected chi connectivity index (χ2v) is 4.74. The molecule has 0 radical (unpaired) electrons. The largest absolute Gasteiger partial charge is 0.481 e. The van der Waals surface area contributed by atoms with Gasteiger partial charge in [-0.1, -0.05) is 0 Å².